The van der Waals surface area contributed by atoms with Gasteiger partial charge in [-0.2, -0.15) is 0 Å². The summed E-state index contributed by atoms with van der Waals surface area (Å²) in [5.74, 6) is 0.195. The number of ether oxygens (including phenoxy) is 1. The molecule has 0 amide bonds. The van der Waals surface area contributed by atoms with Crippen LogP contribution in [-0.2, 0) is 4.79 Å². The topological polar surface area (TPSA) is 69.4 Å². The van der Waals surface area contributed by atoms with Crippen molar-refractivity contribution in [3.05, 3.63) is 57.9 Å². The molecule has 0 unspecified atom stereocenters. The van der Waals surface area contributed by atoms with Gasteiger partial charge in [0.05, 0.1) is 10.9 Å². The summed E-state index contributed by atoms with van der Waals surface area (Å²) in [6.45, 7) is 1.32. The molecule has 0 saturated carbocycles. The van der Waals surface area contributed by atoms with E-state index in [1.54, 1.807) is 36.4 Å². The molecule has 0 aliphatic heterocycles. The normalized spacial score (nSPS) is 10.6. The van der Waals surface area contributed by atoms with E-state index in [9.17, 15) is 9.59 Å². The Labute approximate surface area is 130 Å². The van der Waals surface area contributed by atoms with Crippen LogP contribution in [0.4, 0.5) is 0 Å². The van der Waals surface area contributed by atoms with Gasteiger partial charge >= 0.3 is 11.6 Å². The lowest BCUT2D eigenvalue weighted by Crippen LogP contribution is -2.03. The Kier molecular flexibility index (Phi) is 3.65. The summed E-state index contributed by atoms with van der Waals surface area (Å²) in [6.07, 6.45) is 0. The Morgan fingerprint density at radius 3 is 2.59 bits per heavy atom. The number of hydrogen-bond acceptors (Lipinski definition) is 5. The molecule has 5 nitrogen and oxygen atoms in total. The predicted octanol–water partition coefficient (Wildman–Crippen LogP) is 3.43. The van der Waals surface area contributed by atoms with Crippen molar-refractivity contribution in [3.8, 4) is 17.2 Å². The number of esters is 1. The van der Waals surface area contributed by atoms with E-state index in [2.05, 4.69) is 4.98 Å². The van der Waals surface area contributed by atoms with Crippen molar-refractivity contribution in [2.24, 2.45) is 0 Å². The number of carbonyl (C=O) groups is 1. The molecule has 2 aromatic carbocycles. The molecule has 1 aromatic heterocycles. The minimum absolute atomic E-state index is 0.189. The second kappa shape index (κ2) is 5.61. The molecule has 0 saturated heterocycles. The van der Waals surface area contributed by atoms with Crippen LogP contribution in [-0.4, -0.2) is 11.0 Å². The smallest absolute Gasteiger partial charge is 0.347 e. The lowest BCUT2D eigenvalue weighted by Gasteiger charge is -2.04. The zero-order chi connectivity index (χ0) is 15.7. The molecule has 3 aromatic rings. The molecule has 6 heteroatoms. The summed E-state index contributed by atoms with van der Waals surface area (Å²) in [6, 6.07) is 11.4. The van der Waals surface area contributed by atoms with Crippen LogP contribution in [0.25, 0.3) is 22.4 Å². The highest BCUT2D eigenvalue weighted by Crippen LogP contribution is 2.22. The highest BCUT2D eigenvalue weighted by molar-refractivity contribution is 6.31. The molecular formula is C16H10ClNO4. The molecule has 110 valence electrons. The average Bonchev–Trinajstić information content (AvgIpc) is 2.48. The lowest BCUT2D eigenvalue weighted by atomic mass is 10.2. The Hall–Kier alpha value is -2.66. The fourth-order valence-corrected chi connectivity index (χ4v) is 2.17. The quantitative estimate of drug-likeness (QED) is 0.535. The Morgan fingerprint density at radius 2 is 1.91 bits per heavy atom. The number of carbonyl (C=O) groups excluding carboxylic acids is 1. The highest BCUT2D eigenvalue weighted by Gasteiger charge is 2.09. The van der Waals surface area contributed by atoms with Gasteiger partial charge in [-0.3, -0.25) is 4.79 Å². The van der Waals surface area contributed by atoms with E-state index < -0.39 is 11.6 Å². The summed E-state index contributed by atoms with van der Waals surface area (Å²) in [4.78, 5) is 27.2. The zero-order valence-corrected chi connectivity index (χ0v) is 12.3. The van der Waals surface area contributed by atoms with E-state index in [1.165, 1.54) is 13.0 Å². The third kappa shape index (κ3) is 2.84. The Balaban J connectivity index is 2.05. The van der Waals surface area contributed by atoms with Gasteiger partial charge in [0.1, 0.15) is 5.75 Å². The molecule has 1 heterocycles. The monoisotopic (exact) mass is 315 g/mol. The second-order valence-electron chi connectivity index (χ2n) is 4.59. The Morgan fingerprint density at radius 1 is 1.18 bits per heavy atom. The van der Waals surface area contributed by atoms with Crippen LogP contribution in [0.5, 0.6) is 5.75 Å². The van der Waals surface area contributed by atoms with Crippen LogP contribution >= 0.6 is 11.6 Å². The first-order chi connectivity index (χ1) is 10.5. The molecule has 0 radical (unpaired) electrons. The average molecular weight is 316 g/mol. The first-order valence-electron chi connectivity index (χ1n) is 6.42. The van der Waals surface area contributed by atoms with E-state index in [-0.39, 0.29) is 5.89 Å². The van der Waals surface area contributed by atoms with Crippen LogP contribution < -0.4 is 10.4 Å². The second-order valence-corrected chi connectivity index (χ2v) is 5.02. The van der Waals surface area contributed by atoms with Gasteiger partial charge in [-0.15, -0.1) is 0 Å². The lowest BCUT2D eigenvalue weighted by molar-refractivity contribution is -0.131. The number of hydrogen-bond donors (Lipinski definition) is 0. The van der Waals surface area contributed by atoms with Crippen molar-refractivity contribution in [2.75, 3.05) is 0 Å². The molecule has 0 bridgehead atoms. The van der Waals surface area contributed by atoms with Crippen molar-refractivity contribution >= 4 is 28.5 Å². The van der Waals surface area contributed by atoms with Gasteiger partial charge in [-0.25, -0.2) is 9.78 Å². The van der Waals surface area contributed by atoms with Gasteiger partial charge in [0.25, 0.3) is 0 Å². The Bertz CT molecular complexity index is 916. The van der Waals surface area contributed by atoms with Crippen molar-refractivity contribution in [3.63, 3.8) is 0 Å². The minimum Gasteiger partial charge on any atom is -0.427 e. The number of fused-ring (bicyclic) bond motifs is 1. The first kappa shape index (κ1) is 14.3. The van der Waals surface area contributed by atoms with Crippen LogP contribution in [0.2, 0.25) is 5.02 Å². The summed E-state index contributed by atoms with van der Waals surface area (Å²) in [7, 11) is 0. The van der Waals surface area contributed by atoms with Crippen LogP contribution in [0.1, 0.15) is 6.92 Å². The highest BCUT2D eigenvalue weighted by atomic mass is 35.5. The number of nitrogens with zero attached hydrogens (tertiary/aromatic N) is 1. The van der Waals surface area contributed by atoms with Crippen LogP contribution in [0.3, 0.4) is 0 Å². The van der Waals surface area contributed by atoms with Crippen molar-refractivity contribution in [2.45, 2.75) is 6.92 Å². The van der Waals surface area contributed by atoms with Gasteiger partial charge < -0.3 is 9.15 Å². The summed E-state index contributed by atoms with van der Waals surface area (Å²) < 4.78 is 10.2. The largest absolute Gasteiger partial charge is 0.427 e. The molecule has 0 spiro atoms. The summed E-state index contributed by atoms with van der Waals surface area (Å²) in [5.41, 5.74) is 0.594. The van der Waals surface area contributed by atoms with Crippen molar-refractivity contribution in [1.29, 1.82) is 0 Å². The zero-order valence-electron chi connectivity index (χ0n) is 11.5. The fraction of sp³-hybridized carbons (Fsp3) is 0.0625. The van der Waals surface area contributed by atoms with Gasteiger partial charge in [-0.05, 0) is 42.5 Å². The molecule has 22 heavy (non-hydrogen) atoms. The minimum atomic E-state index is -0.508. The maximum atomic E-state index is 12.0. The summed E-state index contributed by atoms with van der Waals surface area (Å²) in [5, 5.41) is 0.771. The number of benzene rings is 2. The van der Waals surface area contributed by atoms with E-state index in [4.69, 9.17) is 20.8 Å². The molecule has 3 rings (SSSR count). The maximum absolute atomic E-state index is 12.0. The first-order valence-corrected chi connectivity index (χ1v) is 6.80. The SMILES string of the molecule is CC(=O)Oc1ccc(-c2nc3ccc(Cl)cc3c(=O)o2)cc1. The fourth-order valence-electron chi connectivity index (χ4n) is 2.00. The van der Waals surface area contributed by atoms with E-state index in [0.717, 1.165) is 0 Å². The van der Waals surface area contributed by atoms with Crippen LogP contribution in [0.15, 0.2) is 51.7 Å². The third-order valence-electron chi connectivity index (χ3n) is 2.95. The van der Waals surface area contributed by atoms with Gasteiger partial charge in [0.15, 0.2) is 0 Å². The number of aromatic nitrogens is 1. The number of rotatable bonds is 2. The molecule has 0 fully saturated rings. The van der Waals surface area contributed by atoms with Gasteiger partial charge in [-0.1, -0.05) is 11.6 Å². The van der Waals surface area contributed by atoms with E-state index >= 15 is 0 Å². The predicted molar refractivity (Wildman–Crippen MR) is 82.0 cm³/mol. The third-order valence-corrected chi connectivity index (χ3v) is 3.19. The van der Waals surface area contributed by atoms with Crippen molar-refractivity contribution in [1.82, 2.24) is 4.98 Å². The van der Waals surface area contributed by atoms with Gasteiger partial charge in [0.2, 0.25) is 5.89 Å². The molecule has 0 aliphatic carbocycles. The number of halogens is 1. The maximum Gasteiger partial charge on any atom is 0.347 e. The van der Waals surface area contributed by atoms with Crippen molar-refractivity contribution < 1.29 is 13.9 Å². The molecule has 0 atom stereocenters. The van der Waals surface area contributed by atoms with E-state index in [1.807, 2.05) is 0 Å². The molecular weight excluding hydrogens is 306 g/mol. The molecule has 0 aliphatic rings. The summed E-state index contributed by atoms with van der Waals surface area (Å²) >= 11 is 5.86. The van der Waals surface area contributed by atoms with E-state index in [0.29, 0.717) is 27.2 Å². The van der Waals surface area contributed by atoms with Crippen LogP contribution in [0, 0.1) is 0 Å². The standard InChI is InChI=1S/C16H10ClNO4/c1-9(19)21-12-5-2-10(3-6-12)15-18-14-7-4-11(17)8-13(14)16(20)22-15/h2-8H,1H3. The van der Waals surface area contributed by atoms with Gasteiger partial charge in [0, 0.05) is 17.5 Å². The molecule has 0 N–H and O–H groups in total.